The first-order valence-corrected chi connectivity index (χ1v) is 5.40. The van der Waals surface area contributed by atoms with Gasteiger partial charge < -0.3 is 4.79 Å². The van der Waals surface area contributed by atoms with Gasteiger partial charge in [0.1, 0.15) is 12.1 Å². The Morgan fingerprint density at radius 1 is 1.38 bits per heavy atom. The van der Waals surface area contributed by atoms with Crippen LogP contribution in [0.2, 0.25) is 0 Å². The summed E-state index contributed by atoms with van der Waals surface area (Å²) in [7, 11) is 0. The SMILES string of the molecule is O=CC(CBr)c1cc(C(F)(F)F)ccc1F. The van der Waals surface area contributed by atoms with E-state index in [0.717, 1.165) is 6.07 Å². The molecule has 1 aromatic carbocycles. The highest BCUT2D eigenvalue weighted by molar-refractivity contribution is 9.09. The molecule has 0 saturated heterocycles. The van der Waals surface area contributed by atoms with E-state index in [0.29, 0.717) is 18.4 Å². The molecule has 0 amide bonds. The Hall–Kier alpha value is -0.910. The molecule has 0 fully saturated rings. The average molecular weight is 299 g/mol. The van der Waals surface area contributed by atoms with E-state index < -0.39 is 23.5 Å². The van der Waals surface area contributed by atoms with Crippen LogP contribution in [0.1, 0.15) is 17.0 Å². The van der Waals surface area contributed by atoms with Crippen molar-refractivity contribution in [1.29, 1.82) is 0 Å². The molecule has 1 unspecified atom stereocenters. The zero-order valence-electron chi connectivity index (χ0n) is 7.89. The van der Waals surface area contributed by atoms with Gasteiger partial charge in [-0.25, -0.2) is 4.39 Å². The van der Waals surface area contributed by atoms with Gasteiger partial charge in [0.2, 0.25) is 0 Å². The van der Waals surface area contributed by atoms with Crippen LogP contribution in [-0.4, -0.2) is 11.6 Å². The van der Waals surface area contributed by atoms with Gasteiger partial charge in [-0.2, -0.15) is 13.2 Å². The monoisotopic (exact) mass is 298 g/mol. The molecule has 0 aliphatic rings. The van der Waals surface area contributed by atoms with Crippen molar-refractivity contribution in [3.8, 4) is 0 Å². The fourth-order valence-corrected chi connectivity index (χ4v) is 1.70. The highest BCUT2D eigenvalue weighted by Gasteiger charge is 2.31. The van der Waals surface area contributed by atoms with Crippen LogP contribution in [0.3, 0.4) is 0 Å². The highest BCUT2D eigenvalue weighted by atomic mass is 79.9. The second kappa shape index (κ2) is 4.95. The van der Waals surface area contributed by atoms with E-state index in [4.69, 9.17) is 0 Å². The van der Waals surface area contributed by atoms with Gasteiger partial charge in [0.15, 0.2) is 0 Å². The van der Waals surface area contributed by atoms with E-state index in [1.165, 1.54) is 0 Å². The lowest BCUT2D eigenvalue weighted by Gasteiger charge is -2.12. The largest absolute Gasteiger partial charge is 0.416 e. The second-order valence-electron chi connectivity index (χ2n) is 3.13. The second-order valence-corrected chi connectivity index (χ2v) is 3.78. The topological polar surface area (TPSA) is 17.1 Å². The molecule has 1 nitrogen and oxygen atoms in total. The number of rotatable bonds is 3. The van der Waals surface area contributed by atoms with Crippen LogP contribution < -0.4 is 0 Å². The Labute approximate surface area is 97.6 Å². The van der Waals surface area contributed by atoms with Gasteiger partial charge in [0, 0.05) is 5.33 Å². The maximum absolute atomic E-state index is 13.2. The number of hydrogen-bond donors (Lipinski definition) is 0. The Kier molecular flexibility index (Phi) is 4.07. The summed E-state index contributed by atoms with van der Waals surface area (Å²) < 4.78 is 50.3. The lowest BCUT2D eigenvalue weighted by molar-refractivity contribution is -0.137. The molecule has 6 heteroatoms. The maximum Gasteiger partial charge on any atom is 0.416 e. The van der Waals surface area contributed by atoms with Gasteiger partial charge in [0.25, 0.3) is 0 Å². The normalized spacial score (nSPS) is 13.6. The molecule has 0 aromatic heterocycles. The Bertz CT molecular complexity index is 389. The number of benzene rings is 1. The smallest absolute Gasteiger partial charge is 0.303 e. The lowest BCUT2D eigenvalue weighted by Crippen LogP contribution is -2.10. The van der Waals surface area contributed by atoms with Crippen LogP contribution in [-0.2, 0) is 11.0 Å². The molecule has 88 valence electrons. The molecule has 1 aromatic rings. The molecule has 0 N–H and O–H groups in total. The molecule has 0 heterocycles. The van der Waals surface area contributed by atoms with Crippen LogP contribution in [0, 0.1) is 5.82 Å². The fraction of sp³-hybridized carbons (Fsp3) is 0.300. The number of alkyl halides is 4. The Morgan fingerprint density at radius 2 is 2.00 bits per heavy atom. The van der Waals surface area contributed by atoms with Gasteiger partial charge in [-0.05, 0) is 23.8 Å². The van der Waals surface area contributed by atoms with Crippen LogP contribution in [0.4, 0.5) is 17.6 Å². The van der Waals surface area contributed by atoms with Crippen molar-refractivity contribution in [3.63, 3.8) is 0 Å². The third-order valence-corrected chi connectivity index (χ3v) is 2.75. The number of aldehydes is 1. The number of carbonyl (C=O) groups excluding carboxylic acids is 1. The molecule has 1 atom stereocenters. The van der Waals surface area contributed by atoms with Crippen molar-refractivity contribution >= 4 is 22.2 Å². The fourth-order valence-electron chi connectivity index (χ4n) is 1.20. The van der Waals surface area contributed by atoms with E-state index in [9.17, 15) is 22.4 Å². The predicted octanol–water partition coefficient (Wildman–Crippen LogP) is 3.52. The van der Waals surface area contributed by atoms with Gasteiger partial charge in [-0.15, -0.1) is 0 Å². The van der Waals surface area contributed by atoms with Gasteiger partial charge in [-0.1, -0.05) is 15.9 Å². The summed E-state index contributed by atoms with van der Waals surface area (Å²) in [6.45, 7) is 0. The minimum Gasteiger partial charge on any atom is -0.303 e. The van der Waals surface area contributed by atoms with Crippen LogP contribution in [0.15, 0.2) is 18.2 Å². The summed E-state index contributed by atoms with van der Waals surface area (Å²) in [6.07, 6.45) is -4.13. The molecular formula is C10H7BrF4O. The number of halogens is 5. The first kappa shape index (κ1) is 13.2. The van der Waals surface area contributed by atoms with E-state index in [1.54, 1.807) is 0 Å². The summed E-state index contributed by atoms with van der Waals surface area (Å²) in [5.41, 5.74) is -1.21. The quantitative estimate of drug-likeness (QED) is 0.474. The summed E-state index contributed by atoms with van der Waals surface area (Å²) in [4.78, 5) is 10.6. The molecular weight excluding hydrogens is 292 g/mol. The third kappa shape index (κ3) is 2.81. The van der Waals surface area contributed by atoms with E-state index in [-0.39, 0.29) is 10.9 Å². The van der Waals surface area contributed by atoms with Gasteiger partial charge >= 0.3 is 6.18 Å². The molecule has 0 radical (unpaired) electrons. The first-order valence-electron chi connectivity index (χ1n) is 4.28. The minimum atomic E-state index is -4.54. The predicted molar refractivity (Wildman–Crippen MR) is 54.0 cm³/mol. The summed E-state index contributed by atoms with van der Waals surface area (Å²) in [5.74, 6) is -1.73. The molecule has 0 aliphatic carbocycles. The third-order valence-electron chi connectivity index (χ3n) is 2.05. The van der Waals surface area contributed by atoms with Gasteiger partial charge in [0.05, 0.1) is 11.5 Å². The van der Waals surface area contributed by atoms with Crippen molar-refractivity contribution < 1.29 is 22.4 Å². The first-order chi connectivity index (χ1) is 7.40. The Morgan fingerprint density at radius 3 is 2.44 bits per heavy atom. The molecule has 0 aliphatic heterocycles. The van der Waals surface area contributed by atoms with E-state index in [2.05, 4.69) is 15.9 Å². The van der Waals surface area contributed by atoms with Crippen molar-refractivity contribution in [3.05, 3.63) is 35.1 Å². The Balaban J connectivity index is 3.23. The highest BCUT2D eigenvalue weighted by Crippen LogP contribution is 2.32. The maximum atomic E-state index is 13.2. The molecule has 0 bridgehead atoms. The molecule has 1 rings (SSSR count). The van der Waals surface area contributed by atoms with Crippen molar-refractivity contribution in [2.24, 2.45) is 0 Å². The standard InChI is InChI=1S/C10H7BrF4O/c11-4-6(5-16)8-3-7(10(13,14)15)1-2-9(8)12/h1-3,5-6H,4H2. The van der Waals surface area contributed by atoms with Gasteiger partial charge in [-0.3, -0.25) is 0 Å². The summed E-state index contributed by atoms with van der Waals surface area (Å²) in [5, 5.41) is 0.0781. The molecule has 0 saturated carbocycles. The van der Waals surface area contributed by atoms with Crippen molar-refractivity contribution in [1.82, 2.24) is 0 Å². The minimum absolute atomic E-state index is 0.0781. The number of carbonyl (C=O) groups is 1. The number of hydrogen-bond acceptors (Lipinski definition) is 1. The van der Waals surface area contributed by atoms with Crippen molar-refractivity contribution in [2.75, 3.05) is 5.33 Å². The summed E-state index contributed by atoms with van der Waals surface area (Å²) in [6, 6.07) is 2.03. The van der Waals surface area contributed by atoms with Crippen molar-refractivity contribution in [2.45, 2.75) is 12.1 Å². The molecule has 0 spiro atoms. The molecule has 16 heavy (non-hydrogen) atoms. The zero-order chi connectivity index (χ0) is 12.3. The van der Waals surface area contributed by atoms with Crippen LogP contribution in [0.5, 0.6) is 0 Å². The van der Waals surface area contributed by atoms with E-state index >= 15 is 0 Å². The zero-order valence-corrected chi connectivity index (χ0v) is 9.48. The van der Waals surface area contributed by atoms with E-state index in [1.807, 2.05) is 0 Å². The average Bonchev–Trinajstić information content (AvgIpc) is 2.20. The van der Waals surface area contributed by atoms with Crippen LogP contribution in [0.25, 0.3) is 0 Å². The van der Waals surface area contributed by atoms with Crippen LogP contribution >= 0.6 is 15.9 Å². The lowest BCUT2D eigenvalue weighted by atomic mass is 9.99. The summed E-state index contributed by atoms with van der Waals surface area (Å²) >= 11 is 2.94.